The molecule has 0 unspecified atom stereocenters. The number of hydrogen-bond acceptors (Lipinski definition) is 4. The number of carbonyl (C=O) groups is 4. The molecule has 4 fully saturated rings. The maximum Gasteiger partial charge on any atom is 0.238 e. The minimum absolute atomic E-state index is 0.0633. The summed E-state index contributed by atoms with van der Waals surface area (Å²) in [6.45, 7) is 0. The lowest BCUT2D eigenvalue weighted by Crippen LogP contribution is -2.51. The first-order valence-electron chi connectivity index (χ1n) is 7.28. The highest BCUT2D eigenvalue weighted by atomic mass is 35.5. The van der Waals surface area contributed by atoms with Gasteiger partial charge in [-0.2, -0.15) is 0 Å². The third-order valence-electron chi connectivity index (χ3n) is 5.04. The predicted molar refractivity (Wildman–Crippen MR) is 82.2 cm³/mol. The Hall–Kier alpha value is -1.72. The molecule has 4 atom stereocenters. The first-order chi connectivity index (χ1) is 10.9. The normalized spacial score (nSPS) is 32.7. The maximum atomic E-state index is 12.8. The number of amides is 2. The van der Waals surface area contributed by atoms with Gasteiger partial charge in [0.1, 0.15) is 11.6 Å². The fourth-order valence-corrected chi connectivity index (χ4v) is 4.61. The molecular formula is C16H11Cl2NO4. The smallest absolute Gasteiger partial charge is 0.238 e. The van der Waals surface area contributed by atoms with Crippen molar-refractivity contribution in [1.29, 1.82) is 0 Å². The van der Waals surface area contributed by atoms with Crippen molar-refractivity contribution in [3.63, 3.8) is 0 Å². The van der Waals surface area contributed by atoms with E-state index in [2.05, 4.69) is 0 Å². The highest BCUT2D eigenvalue weighted by Gasteiger charge is 2.63. The van der Waals surface area contributed by atoms with Crippen molar-refractivity contribution in [1.82, 2.24) is 0 Å². The van der Waals surface area contributed by atoms with Gasteiger partial charge in [0, 0.05) is 34.7 Å². The van der Waals surface area contributed by atoms with E-state index in [0.717, 1.165) is 4.90 Å². The molecule has 0 N–H and O–H groups in total. The average Bonchev–Trinajstić information content (AvgIpc) is 2.72. The van der Waals surface area contributed by atoms with Crippen LogP contribution in [0, 0.1) is 23.7 Å². The number of fused-ring (bicyclic) bond motifs is 2. The standard InChI is InChI=1S/C16H11Cl2NO4/c17-6-1-7(18)3-8(2-6)19-15(22)13-9-4-11(20)10(5-12(9)21)14(13)16(19)23/h1-3,9-10,13-14H,4-5H2/t9-,10+,13+,14-. The zero-order valence-electron chi connectivity index (χ0n) is 11.8. The van der Waals surface area contributed by atoms with Gasteiger partial charge in [0.05, 0.1) is 17.5 Å². The van der Waals surface area contributed by atoms with Crippen molar-refractivity contribution in [3.8, 4) is 0 Å². The summed E-state index contributed by atoms with van der Waals surface area (Å²) in [5.41, 5.74) is 0.284. The first-order valence-corrected chi connectivity index (χ1v) is 8.03. The van der Waals surface area contributed by atoms with Crippen molar-refractivity contribution in [2.75, 3.05) is 4.90 Å². The summed E-state index contributed by atoms with van der Waals surface area (Å²) >= 11 is 11.9. The molecule has 0 spiro atoms. The zero-order valence-corrected chi connectivity index (χ0v) is 13.3. The van der Waals surface area contributed by atoms with Crippen LogP contribution in [-0.2, 0) is 19.2 Å². The van der Waals surface area contributed by atoms with E-state index in [-0.39, 0.29) is 30.1 Å². The Morgan fingerprint density at radius 2 is 1.22 bits per heavy atom. The van der Waals surface area contributed by atoms with Crippen LogP contribution in [0.2, 0.25) is 10.0 Å². The minimum atomic E-state index is -0.732. The molecule has 2 bridgehead atoms. The molecule has 0 radical (unpaired) electrons. The highest BCUT2D eigenvalue weighted by Crippen LogP contribution is 2.51. The van der Waals surface area contributed by atoms with Crippen LogP contribution in [0.3, 0.4) is 0 Å². The summed E-state index contributed by atoms with van der Waals surface area (Å²) in [4.78, 5) is 50.7. The number of rotatable bonds is 1. The fraction of sp³-hybridized carbons (Fsp3) is 0.375. The Balaban J connectivity index is 1.80. The number of Topliss-reactive ketones (excluding diaryl/α,β-unsaturated/α-hetero) is 2. The molecule has 1 aliphatic heterocycles. The summed E-state index contributed by atoms with van der Waals surface area (Å²) in [6, 6.07) is 4.46. The number of ketones is 2. The largest absolute Gasteiger partial charge is 0.299 e. The van der Waals surface area contributed by atoms with Gasteiger partial charge in [0.2, 0.25) is 11.8 Å². The molecular weight excluding hydrogens is 341 g/mol. The second-order valence-electron chi connectivity index (χ2n) is 6.24. The number of halogens is 2. The Labute approximate surface area is 141 Å². The summed E-state index contributed by atoms with van der Waals surface area (Å²) in [5, 5.41) is 0.608. The number of nitrogens with zero attached hydrogens (tertiary/aromatic N) is 1. The lowest BCUT2D eigenvalue weighted by molar-refractivity contribution is -0.153. The van der Waals surface area contributed by atoms with Crippen LogP contribution in [0.15, 0.2) is 18.2 Å². The second kappa shape index (κ2) is 4.89. The average molecular weight is 352 g/mol. The van der Waals surface area contributed by atoms with Crippen molar-refractivity contribution in [2.24, 2.45) is 23.7 Å². The number of imide groups is 1. The summed E-state index contributed by atoms with van der Waals surface area (Å²) < 4.78 is 0. The molecule has 23 heavy (non-hydrogen) atoms. The van der Waals surface area contributed by atoms with Crippen LogP contribution in [0.4, 0.5) is 5.69 Å². The predicted octanol–water partition coefficient (Wildman–Crippen LogP) is 2.28. The lowest BCUT2D eigenvalue weighted by Gasteiger charge is -2.40. The van der Waals surface area contributed by atoms with E-state index in [1.165, 1.54) is 18.2 Å². The number of benzene rings is 1. The van der Waals surface area contributed by atoms with Gasteiger partial charge < -0.3 is 0 Å². The third kappa shape index (κ3) is 2.00. The molecule has 5 nitrogen and oxygen atoms in total. The van der Waals surface area contributed by atoms with Gasteiger partial charge in [-0.25, -0.2) is 4.90 Å². The van der Waals surface area contributed by atoms with Crippen LogP contribution in [0.25, 0.3) is 0 Å². The number of carbonyl (C=O) groups excluding carboxylic acids is 4. The van der Waals surface area contributed by atoms with E-state index >= 15 is 0 Å². The van der Waals surface area contributed by atoms with Crippen LogP contribution in [0.5, 0.6) is 0 Å². The summed E-state index contributed by atoms with van der Waals surface area (Å²) in [6.07, 6.45) is 0.127. The topological polar surface area (TPSA) is 71.5 Å². The molecule has 1 aromatic rings. The summed E-state index contributed by atoms with van der Waals surface area (Å²) in [5.74, 6) is -3.87. The highest BCUT2D eigenvalue weighted by molar-refractivity contribution is 6.36. The van der Waals surface area contributed by atoms with Gasteiger partial charge in [-0.3, -0.25) is 19.2 Å². The molecule has 1 saturated heterocycles. The van der Waals surface area contributed by atoms with E-state index in [0.29, 0.717) is 10.0 Å². The number of anilines is 1. The van der Waals surface area contributed by atoms with Crippen LogP contribution >= 0.6 is 23.2 Å². The monoisotopic (exact) mass is 351 g/mol. The van der Waals surface area contributed by atoms with Crippen molar-refractivity contribution < 1.29 is 19.2 Å². The van der Waals surface area contributed by atoms with E-state index in [9.17, 15) is 19.2 Å². The second-order valence-corrected chi connectivity index (χ2v) is 7.12. The Bertz CT molecular complexity index is 730. The van der Waals surface area contributed by atoms with Crippen molar-refractivity contribution in [3.05, 3.63) is 28.2 Å². The van der Waals surface area contributed by atoms with Gasteiger partial charge in [0.25, 0.3) is 0 Å². The zero-order chi connectivity index (χ0) is 16.5. The molecule has 4 aliphatic rings. The van der Waals surface area contributed by atoms with E-state index < -0.39 is 35.5 Å². The summed E-state index contributed by atoms with van der Waals surface area (Å²) in [7, 11) is 0. The molecule has 3 saturated carbocycles. The quantitative estimate of drug-likeness (QED) is 0.727. The van der Waals surface area contributed by atoms with Crippen LogP contribution < -0.4 is 4.90 Å². The van der Waals surface area contributed by atoms with Crippen molar-refractivity contribution >= 4 is 52.3 Å². The number of hydrogen-bond donors (Lipinski definition) is 0. The molecule has 7 heteroatoms. The van der Waals surface area contributed by atoms with Crippen molar-refractivity contribution in [2.45, 2.75) is 12.8 Å². The van der Waals surface area contributed by atoms with Gasteiger partial charge in [0.15, 0.2) is 0 Å². The van der Waals surface area contributed by atoms with Gasteiger partial charge in [-0.15, -0.1) is 0 Å². The van der Waals surface area contributed by atoms with E-state index in [1.54, 1.807) is 0 Å². The Morgan fingerprint density at radius 1 is 0.783 bits per heavy atom. The van der Waals surface area contributed by atoms with Gasteiger partial charge in [-0.1, -0.05) is 23.2 Å². The molecule has 3 aliphatic carbocycles. The van der Waals surface area contributed by atoms with Crippen LogP contribution in [0.1, 0.15) is 12.8 Å². The lowest BCUT2D eigenvalue weighted by atomic mass is 9.58. The molecule has 2 amide bonds. The molecule has 5 rings (SSSR count). The molecule has 1 aromatic carbocycles. The van der Waals surface area contributed by atoms with E-state index in [4.69, 9.17) is 23.2 Å². The Kier molecular flexibility index (Phi) is 3.15. The van der Waals surface area contributed by atoms with Gasteiger partial charge >= 0.3 is 0 Å². The molecule has 118 valence electrons. The van der Waals surface area contributed by atoms with E-state index in [1.807, 2.05) is 0 Å². The first kappa shape index (κ1) is 14.8. The SMILES string of the molecule is O=C1C[C@H]2C(=O)C[C@H]1[C@@H]1C(=O)N(c3cc(Cl)cc(Cl)c3)C(=O)[C@@H]12. The Morgan fingerprint density at radius 3 is 1.65 bits per heavy atom. The maximum absolute atomic E-state index is 12.8. The van der Waals surface area contributed by atoms with Crippen LogP contribution in [-0.4, -0.2) is 23.4 Å². The molecule has 1 heterocycles. The fourth-order valence-electron chi connectivity index (χ4n) is 4.10. The third-order valence-corrected chi connectivity index (χ3v) is 5.48. The minimum Gasteiger partial charge on any atom is -0.299 e. The molecule has 0 aromatic heterocycles. The van der Waals surface area contributed by atoms with Gasteiger partial charge in [-0.05, 0) is 18.2 Å².